The molecule has 0 radical (unpaired) electrons. The summed E-state index contributed by atoms with van der Waals surface area (Å²) < 4.78 is 32.5. The third-order valence-electron chi connectivity index (χ3n) is 4.19. The molecule has 3 rings (SSSR count). The Balaban J connectivity index is 2.06. The predicted octanol–water partition coefficient (Wildman–Crippen LogP) is 1.22. The average molecular weight is 341 g/mol. The molecule has 0 aliphatic carbocycles. The second-order valence-corrected chi connectivity index (χ2v) is 7.53. The molecule has 23 heavy (non-hydrogen) atoms. The van der Waals surface area contributed by atoms with Gasteiger partial charge in [-0.3, -0.25) is 10.1 Å². The van der Waals surface area contributed by atoms with Crippen molar-refractivity contribution < 1.29 is 18.1 Å². The second-order valence-electron chi connectivity index (χ2n) is 5.62. The molecule has 0 bridgehead atoms. The van der Waals surface area contributed by atoms with E-state index in [9.17, 15) is 18.5 Å². The van der Waals surface area contributed by atoms with Gasteiger partial charge in [-0.1, -0.05) is 0 Å². The van der Waals surface area contributed by atoms with Gasteiger partial charge >= 0.3 is 0 Å². The first-order valence-corrected chi connectivity index (χ1v) is 9.05. The summed E-state index contributed by atoms with van der Waals surface area (Å²) >= 11 is 0. The minimum absolute atomic E-state index is 0.0236. The normalized spacial score (nSPS) is 19.9. The second kappa shape index (κ2) is 6.42. The maximum absolute atomic E-state index is 12.9. The van der Waals surface area contributed by atoms with Gasteiger partial charge in [-0.05, 0) is 18.9 Å². The van der Waals surface area contributed by atoms with Gasteiger partial charge in [0.2, 0.25) is 10.0 Å². The number of hydrogen-bond acceptors (Lipinski definition) is 6. The standard InChI is InChI=1S/C14H19N3O5S/c18-17(19)12-3-4-13(15-7-9-22-10-8-15)14(11-12)23(20,21)16-5-1-2-6-16/h3-4,11H,1-2,5-10H2. The van der Waals surface area contributed by atoms with E-state index in [0.29, 0.717) is 45.1 Å². The van der Waals surface area contributed by atoms with Gasteiger partial charge in [0, 0.05) is 38.3 Å². The van der Waals surface area contributed by atoms with E-state index in [2.05, 4.69) is 0 Å². The molecule has 0 unspecified atom stereocenters. The number of ether oxygens (including phenoxy) is 1. The van der Waals surface area contributed by atoms with Crippen LogP contribution in [0.3, 0.4) is 0 Å². The lowest BCUT2D eigenvalue weighted by molar-refractivity contribution is -0.385. The number of anilines is 1. The average Bonchev–Trinajstić information content (AvgIpc) is 3.10. The van der Waals surface area contributed by atoms with E-state index in [1.54, 1.807) is 0 Å². The third-order valence-corrected chi connectivity index (χ3v) is 6.12. The molecule has 2 aliphatic rings. The van der Waals surface area contributed by atoms with Gasteiger partial charge in [0.1, 0.15) is 4.90 Å². The topological polar surface area (TPSA) is 93.0 Å². The minimum Gasteiger partial charge on any atom is -0.378 e. The van der Waals surface area contributed by atoms with Crippen LogP contribution in [0.1, 0.15) is 12.8 Å². The number of nitrogens with zero attached hydrogens (tertiary/aromatic N) is 3. The molecule has 0 atom stereocenters. The number of benzene rings is 1. The van der Waals surface area contributed by atoms with Crippen molar-refractivity contribution in [2.45, 2.75) is 17.7 Å². The largest absolute Gasteiger partial charge is 0.378 e. The Kier molecular flexibility index (Phi) is 4.51. The van der Waals surface area contributed by atoms with E-state index in [4.69, 9.17) is 4.74 Å². The number of non-ortho nitro benzene ring substituents is 1. The van der Waals surface area contributed by atoms with E-state index < -0.39 is 14.9 Å². The van der Waals surface area contributed by atoms with Gasteiger partial charge in [0.05, 0.1) is 23.8 Å². The van der Waals surface area contributed by atoms with Crippen LogP contribution in [-0.2, 0) is 14.8 Å². The van der Waals surface area contributed by atoms with Crippen LogP contribution in [0.5, 0.6) is 0 Å². The summed E-state index contributed by atoms with van der Waals surface area (Å²) in [5, 5.41) is 11.1. The van der Waals surface area contributed by atoms with E-state index in [1.165, 1.54) is 22.5 Å². The SMILES string of the molecule is O=[N+]([O-])c1ccc(N2CCOCC2)c(S(=O)(=O)N2CCCC2)c1. The highest BCUT2D eigenvalue weighted by atomic mass is 32.2. The van der Waals surface area contributed by atoms with Gasteiger partial charge in [-0.2, -0.15) is 4.31 Å². The van der Waals surface area contributed by atoms with Crippen LogP contribution in [0.2, 0.25) is 0 Å². The van der Waals surface area contributed by atoms with E-state index in [1.807, 2.05) is 4.90 Å². The van der Waals surface area contributed by atoms with Crippen LogP contribution in [0.4, 0.5) is 11.4 Å². The van der Waals surface area contributed by atoms with Gasteiger partial charge in [-0.15, -0.1) is 0 Å². The molecule has 2 aliphatic heterocycles. The number of nitro benzene ring substituents is 1. The Morgan fingerprint density at radius 1 is 1.09 bits per heavy atom. The Morgan fingerprint density at radius 2 is 1.74 bits per heavy atom. The molecule has 0 aromatic heterocycles. The van der Waals surface area contributed by atoms with E-state index in [0.717, 1.165) is 12.8 Å². The molecule has 0 spiro atoms. The Bertz CT molecular complexity index is 694. The molecule has 0 amide bonds. The molecule has 8 nitrogen and oxygen atoms in total. The Labute approximate surface area is 134 Å². The molecule has 9 heteroatoms. The highest BCUT2D eigenvalue weighted by molar-refractivity contribution is 7.89. The number of nitro groups is 1. The first kappa shape index (κ1) is 16.2. The minimum atomic E-state index is -3.73. The fourth-order valence-corrected chi connectivity index (χ4v) is 4.70. The number of hydrogen-bond donors (Lipinski definition) is 0. The molecular weight excluding hydrogens is 322 g/mol. The van der Waals surface area contributed by atoms with E-state index >= 15 is 0 Å². The van der Waals surface area contributed by atoms with Gasteiger partial charge < -0.3 is 9.64 Å². The van der Waals surface area contributed by atoms with Crippen LogP contribution in [0.15, 0.2) is 23.1 Å². The molecule has 0 saturated carbocycles. The highest BCUT2D eigenvalue weighted by Crippen LogP contribution is 2.33. The van der Waals surface area contributed by atoms with Crippen LogP contribution in [0.25, 0.3) is 0 Å². The summed E-state index contributed by atoms with van der Waals surface area (Å²) in [7, 11) is -3.73. The number of rotatable bonds is 4. The summed E-state index contributed by atoms with van der Waals surface area (Å²) in [5.41, 5.74) is 0.311. The summed E-state index contributed by atoms with van der Waals surface area (Å²) in [6.07, 6.45) is 1.64. The van der Waals surface area contributed by atoms with Crippen molar-refractivity contribution in [3.05, 3.63) is 28.3 Å². The van der Waals surface area contributed by atoms with Crippen molar-refractivity contribution in [2.75, 3.05) is 44.3 Å². The van der Waals surface area contributed by atoms with Crippen molar-refractivity contribution in [3.8, 4) is 0 Å². The number of sulfonamides is 1. The van der Waals surface area contributed by atoms with Crippen molar-refractivity contribution in [3.63, 3.8) is 0 Å². The van der Waals surface area contributed by atoms with Crippen LogP contribution in [-0.4, -0.2) is 57.0 Å². The maximum atomic E-state index is 12.9. The quantitative estimate of drug-likeness (QED) is 0.604. The molecular formula is C14H19N3O5S. The Morgan fingerprint density at radius 3 is 2.35 bits per heavy atom. The fourth-order valence-electron chi connectivity index (χ4n) is 2.96. The molecule has 1 aromatic rings. The van der Waals surface area contributed by atoms with Crippen molar-refractivity contribution >= 4 is 21.4 Å². The lowest BCUT2D eigenvalue weighted by Gasteiger charge is -2.31. The Hall–Kier alpha value is -1.71. The maximum Gasteiger partial charge on any atom is 0.270 e. The molecule has 1 aromatic carbocycles. The van der Waals surface area contributed by atoms with Crippen LogP contribution >= 0.6 is 0 Å². The lowest BCUT2D eigenvalue weighted by atomic mass is 10.2. The molecule has 2 heterocycles. The zero-order valence-electron chi connectivity index (χ0n) is 12.7. The third kappa shape index (κ3) is 3.17. The summed E-state index contributed by atoms with van der Waals surface area (Å²) in [4.78, 5) is 12.4. The summed E-state index contributed by atoms with van der Waals surface area (Å²) in [5.74, 6) is 0. The predicted molar refractivity (Wildman–Crippen MR) is 84.1 cm³/mol. The van der Waals surface area contributed by atoms with Crippen molar-refractivity contribution in [1.82, 2.24) is 4.31 Å². The van der Waals surface area contributed by atoms with Crippen molar-refractivity contribution in [2.24, 2.45) is 0 Å². The van der Waals surface area contributed by atoms with Crippen LogP contribution in [0, 0.1) is 10.1 Å². The first-order chi connectivity index (χ1) is 11.0. The lowest BCUT2D eigenvalue weighted by Crippen LogP contribution is -2.38. The highest BCUT2D eigenvalue weighted by Gasteiger charge is 2.32. The molecule has 126 valence electrons. The molecule has 0 N–H and O–H groups in total. The van der Waals surface area contributed by atoms with Gasteiger partial charge in [0.25, 0.3) is 5.69 Å². The van der Waals surface area contributed by atoms with E-state index in [-0.39, 0.29) is 10.6 Å². The fraction of sp³-hybridized carbons (Fsp3) is 0.571. The summed E-state index contributed by atoms with van der Waals surface area (Å²) in [6.45, 7) is 3.10. The molecule has 2 saturated heterocycles. The van der Waals surface area contributed by atoms with Gasteiger partial charge in [-0.25, -0.2) is 8.42 Å². The monoisotopic (exact) mass is 341 g/mol. The first-order valence-electron chi connectivity index (χ1n) is 7.61. The smallest absolute Gasteiger partial charge is 0.270 e. The van der Waals surface area contributed by atoms with Crippen molar-refractivity contribution in [1.29, 1.82) is 0 Å². The summed E-state index contributed by atoms with van der Waals surface area (Å²) in [6, 6.07) is 4.07. The zero-order valence-corrected chi connectivity index (χ0v) is 13.5. The zero-order chi connectivity index (χ0) is 16.4. The molecule has 2 fully saturated rings. The number of morpholine rings is 1. The van der Waals surface area contributed by atoms with Crippen LogP contribution < -0.4 is 4.90 Å². The van der Waals surface area contributed by atoms with Gasteiger partial charge in [0.15, 0.2) is 0 Å².